The van der Waals surface area contributed by atoms with Crippen molar-refractivity contribution in [3.05, 3.63) is 10.4 Å². The predicted octanol–water partition coefficient (Wildman–Crippen LogP) is -0.218. The van der Waals surface area contributed by atoms with Crippen molar-refractivity contribution in [3.8, 4) is 11.5 Å². The molecule has 0 aliphatic carbocycles. The Bertz CT molecular complexity index is 352. The van der Waals surface area contributed by atoms with Crippen molar-refractivity contribution in [2.45, 2.75) is 6.54 Å². The minimum Gasteiger partial charge on any atom is -0.325 e. The summed E-state index contributed by atoms with van der Waals surface area (Å²) in [6, 6.07) is 0. The molecule has 0 unspecified atom stereocenters. The van der Waals surface area contributed by atoms with E-state index >= 15 is 0 Å². The van der Waals surface area contributed by atoms with Gasteiger partial charge in [-0.15, -0.1) is 21.5 Å². The third kappa shape index (κ3) is 1.19. The molecule has 0 radical (unpaired) electrons. The number of aromatic amines is 1. The van der Waals surface area contributed by atoms with Crippen molar-refractivity contribution in [1.29, 1.82) is 0 Å². The summed E-state index contributed by atoms with van der Waals surface area (Å²) in [5, 5.41) is 16.1. The van der Waals surface area contributed by atoms with E-state index in [-0.39, 0.29) is 0 Å². The molecule has 62 valence electrons. The molecule has 0 saturated carbocycles. The van der Waals surface area contributed by atoms with E-state index in [1.54, 1.807) is 0 Å². The molecular weight excluding hydrogens is 176 g/mol. The Balaban J connectivity index is 2.35. The summed E-state index contributed by atoms with van der Waals surface area (Å²) in [5.41, 5.74) is 6.12. The van der Waals surface area contributed by atoms with E-state index in [4.69, 9.17) is 5.73 Å². The standard InChI is InChI=1S/C5H6N6S/c6-1-4-7-3(2-12-4)5-8-10-11-9-5/h2H,1,6H2,(H,8,9,10,11). The predicted molar refractivity (Wildman–Crippen MR) is 43.2 cm³/mol. The number of hydrogen-bond donors (Lipinski definition) is 2. The molecule has 0 aliphatic rings. The molecule has 0 amide bonds. The molecule has 0 aliphatic heterocycles. The van der Waals surface area contributed by atoms with Crippen LogP contribution in [0.25, 0.3) is 11.5 Å². The molecule has 7 heteroatoms. The molecule has 0 atom stereocenters. The third-order valence-corrected chi connectivity index (χ3v) is 2.17. The van der Waals surface area contributed by atoms with Gasteiger partial charge in [-0.1, -0.05) is 0 Å². The molecule has 0 spiro atoms. The maximum absolute atomic E-state index is 5.40. The highest BCUT2D eigenvalue weighted by Gasteiger charge is 2.06. The number of H-pyrrole nitrogens is 1. The summed E-state index contributed by atoms with van der Waals surface area (Å²) >= 11 is 1.49. The third-order valence-electron chi connectivity index (χ3n) is 1.30. The van der Waals surface area contributed by atoms with E-state index in [1.807, 2.05) is 5.38 Å². The van der Waals surface area contributed by atoms with Crippen LogP contribution in [0.4, 0.5) is 0 Å². The van der Waals surface area contributed by atoms with E-state index in [0.29, 0.717) is 18.1 Å². The highest BCUT2D eigenvalue weighted by molar-refractivity contribution is 7.09. The second-order valence-electron chi connectivity index (χ2n) is 2.07. The van der Waals surface area contributed by atoms with Gasteiger partial charge >= 0.3 is 0 Å². The molecule has 12 heavy (non-hydrogen) atoms. The quantitative estimate of drug-likeness (QED) is 0.669. The van der Waals surface area contributed by atoms with Crippen LogP contribution in [0, 0.1) is 0 Å². The fourth-order valence-corrected chi connectivity index (χ4v) is 1.43. The van der Waals surface area contributed by atoms with Crippen LogP contribution in [0.1, 0.15) is 5.01 Å². The number of nitrogens with one attached hydrogen (secondary N) is 1. The molecule has 3 N–H and O–H groups in total. The van der Waals surface area contributed by atoms with Crippen molar-refractivity contribution in [2.75, 3.05) is 0 Å². The molecule has 0 fully saturated rings. The smallest absolute Gasteiger partial charge is 0.223 e. The van der Waals surface area contributed by atoms with Gasteiger partial charge in [0.1, 0.15) is 10.7 Å². The first-order valence-electron chi connectivity index (χ1n) is 3.28. The van der Waals surface area contributed by atoms with Gasteiger partial charge in [0.05, 0.1) is 0 Å². The average molecular weight is 182 g/mol. The molecule has 2 aromatic heterocycles. The summed E-state index contributed by atoms with van der Waals surface area (Å²) < 4.78 is 0. The summed E-state index contributed by atoms with van der Waals surface area (Å²) in [4.78, 5) is 4.18. The second-order valence-corrected chi connectivity index (χ2v) is 3.01. The van der Waals surface area contributed by atoms with Crippen molar-refractivity contribution in [2.24, 2.45) is 5.73 Å². The van der Waals surface area contributed by atoms with E-state index in [0.717, 1.165) is 5.01 Å². The van der Waals surface area contributed by atoms with Gasteiger partial charge in [-0.2, -0.15) is 5.21 Å². The maximum Gasteiger partial charge on any atom is 0.223 e. The molecule has 2 aromatic rings. The minimum absolute atomic E-state index is 0.447. The van der Waals surface area contributed by atoms with E-state index in [9.17, 15) is 0 Å². The Labute approximate surface area is 71.8 Å². The zero-order chi connectivity index (χ0) is 8.39. The molecule has 0 aromatic carbocycles. The first kappa shape index (κ1) is 7.32. The van der Waals surface area contributed by atoms with Gasteiger partial charge in [-0.25, -0.2) is 4.98 Å². The number of thiazole rings is 1. The van der Waals surface area contributed by atoms with Crippen LogP contribution in [0.2, 0.25) is 0 Å². The number of hydrogen-bond acceptors (Lipinski definition) is 6. The first-order chi connectivity index (χ1) is 5.90. The Morgan fingerprint density at radius 1 is 1.58 bits per heavy atom. The lowest BCUT2D eigenvalue weighted by molar-refractivity contribution is 0.881. The van der Waals surface area contributed by atoms with Crippen LogP contribution in [-0.4, -0.2) is 25.6 Å². The van der Waals surface area contributed by atoms with Gasteiger partial charge in [-0.05, 0) is 5.21 Å². The van der Waals surface area contributed by atoms with Crippen molar-refractivity contribution in [3.63, 3.8) is 0 Å². The molecule has 0 bridgehead atoms. The Kier molecular flexibility index (Phi) is 1.80. The van der Waals surface area contributed by atoms with Gasteiger partial charge in [-0.3, -0.25) is 0 Å². The second kappa shape index (κ2) is 2.95. The van der Waals surface area contributed by atoms with Gasteiger partial charge in [0.2, 0.25) is 5.82 Å². The highest BCUT2D eigenvalue weighted by atomic mass is 32.1. The van der Waals surface area contributed by atoms with Gasteiger partial charge in [0, 0.05) is 11.9 Å². The molecule has 0 saturated heterocycles. The lowest BCUT2D eigenvalue weighted by Gasteiger charge is -1.83. The number of aromatic nitrogens is 5. The Morgan fingerprint density at radius 3 is 3.08 bits per heavy atom. The lowest BCUT2D eigenvalue weighted by Crippen LogP contribution is -1.94. The number of nitrogens with zero attached hydrogens (tertiary/aromatic N) is 4. The zero-order valence-electron chi connectivity index (χ0n) is 6.06. The van der Waals surface area contributed by atoms with Gasteiger partial charge in [0.15, 0.2) is 0 Å². The summed E-state index contributed by atoms with van der Waals surface area (Å²) in [6.45, 7) is 0.447. The summed E-state index contributed by atoms with van der Waals surface area (Å²) in [6.07, 6.45) is 0. The van der Waals surface area contributed by atoms with Crippen LogP contribution in [0.15, 0.2) is 5.38 Å². The van der Waals surface area contributed by atoms with Crippen LogP contribution >= 0.6 is 11.3 Å². The zero-order valence-corrected chi connectivity index (χ0v) is 6.88. The van der Waals surface area contributed by atoms with Crippen molar-refractivity contribution >= 4 is 11.3 Å². The summed E-state index contributed by atoms with van der Waals surface area (Å²) in [5.74, 6) is 0.506. The van der Waals surface area contributed by atoms with Gasteiger partial charge in [0.25, 0.3) is 0 Å². The lowest BCUT2D eigenvalue weighted by atomic mass is 10.5. The molecule has 6 nitrogen and oxygen atoms in total. The van der Waals surface area contributed by atoms with Crippen LogP contribution in [-0.2, 0) is 6.54 Å². The first-order valence-corrected chi connectivity index (χ1v) is 4.16. The van der Waals surface area contributed by atoms with E-state index in [1.165, 1.54) is 11.3 Å². The van der Waals surface area contributed by atoms with Crippen LogP contribution in [0.5, 0.6) is 0 Å². The highest BCUT2D eigenvalue weighted by Crippen LogP contribution is 2.16. The molecule has 2 heterocycles. The Hall–Kier alpha value is -1.34. The van der Waals surface area contributed by atoms with Crippen molar-refractivity contribution < 1.29 is 0 Å². The van der Waals surface area contributed by atoms with E-state index in [2.05, 4.69) is 25.6 Å². The maximum atomic E-state index is 5.40. The monoisotopic (exact) mass is 182 g/mol. The molecule has 2 rings (SSSR count). The normalized spacial score (nSPS) is 10.4. The number of nitrogens with two attached hydrogens (primary N) is 1. The summed E-state index contributed by atoms with van der Waals surface area (Å²) in [7, 11) is 0. The van der Waals surface area contributed by atoms with Crippen LogP contribution in [0.3, 0.4) is 0 Å². The number of rotatable bonds is 2. The molecular formula is C5H6N6S. The van der Waals surface area contributed by atoms with Gasteiger partial charge < -0.3 is 5.73 Å². The SMILES string of the molecule is NCc1nc(-c2nn[nH]n2)cs1. The Morgan fingerprint density at radius 2 is 2.50 bits per heavy atom. The topological polar surface area (TPSA) is 93.4 Å². The van der Waals surface area contributed by atoms with Crippen LogP contribution < -0.4 is 5.73 Å². The fraction of sp³-hybridized carbons (Fsp3) is 0.200. The number of tetrazole rings is 1. The van der Waals surface area contributed by atoms with Crippen molar-refractivity contribution in [1.82, 2.24) is 25.6 Å². The largest absolute Gasteiger partial charge is 0.325 e. The average Bonchev–Trinajstić information content (AvgIpc) is 2.75. The van der Waals surface area contributed by atoms with E-state index < -0.39 is 0 Å². The minimum atomic E-state index is 0.447. The fourth-order valence-electron chi connectivity index (χ4n) is 0.778.